The largest absolute Gasteiger partial charge is 0.416 e. The summed E-state index contributed by atoms with van der Waals surface area (Å²) in [6, 6.07) is 10.5. The molecular formula is C22H18F3N5O2S. The van der Waals surface area contributed by atoms with Crippen LogP contribution in [0.15, 0.2) is 58.6 Å². The number of hydrogen-bond acceptors (Lipinski definition) is 5. The maximum atomic E-state index is 13.3. The van der Waals surface area contributed by atoms with E-state index in [0.717, 1.165) is 28.2 Å². The molecule has 1 aliphatic heterocycles. The number of amides is 2. The lowest BCUT2D eigenvalue weighted by Gasteiger charge is -2.40. The van der Waals surface area contributed by atoms with Crippen molar-refractivity contribution in [3.05, 3.63) is 70.4 Å². The normalized spacial score (nSPS) is 18.5. The maximum Gasteiger partial charge on any atom is 0.416 e. The minimum absolute atomic E-state index is 0.000677. The minimum atomic E-state index is -4.62. The van der Waals surface area contributed by atoms with Gasteiger partial charge in [0.15, 0.2) is 0 Å². The van der Waals surface area contributed by atoms with Gasteiger partial charge in [-0.15, -0.1) is 0 Å². The summed E-state index contributed by atoms with van der Waals surface area (Å²) in [5.41, 5.74) is -0.488. The van der Waals surface area contributed by atoms with Gasteiger partial charge in [-0.2, -0.15) is 23.7 Å². The molecule has 0 saturated heterocycles. The molecule has 1 unspecified atom stereocenters. The van der Waals surface area contributed by atoms with Crippen molar-refractivity contribution in [2.75, 3.05) is 18.2 Å². The number of urea groups is 1. The van der Waals surface area contributed by atoms with Gasteiger partial charge in [0.2, 0.25) is 0 Å². The average Bonchev–Trinajstić information content (AvgIpc) is 2.75. The van der Waals surface area contributed by atoms with E-state index in [9.17, 15) is 32.7 Å². The number of anilines is 1. The third kappa shape index (κ3) is 4.28. The van der Waals surface area contributed by atoms with E-state index in [4.69, 9.17) is 4.78 Å². The molecule has 1 aliphatic rings. The zero-order valence-corrected chi connectivity index (χ0v) is 18.6. The number of rotatable bonds is 3. The molecule has 2 aromatic rings. The number of nitrogens with one attached hydrogen (secondary N) is 1. The Bertz CT molecular complexity index is 1370. The summed E-state index contributed by atoms with van der Waals surface area (Å²) in [5.74, 6) is 0. The highest BCUT2D eigenvalue weighted by atomic mass is 32.2. The van der Waals surface area contributed by atoms with Crippen LogP contribution in [-0.4, -0.2) is 28.4 Å². The van der Waals surface area contributed by atoms with E-state index in [-0.39, 0.29) is 33.0 Å². The number of hydrogen-bond donors (Lipinski definition) is 1. The van der Waals surface area contributed by atoms with Crippen LogP contribution in [0.25, 0.3) is 0 Å². The number of carbonyl (C=O) groups is 1. The molecule has 1 N–H and O–H groups in total. The van der Waals surface area contributed by atoms with E-state index in [1.165, 1.54) is 44.3 Å². The van der Waals surface area contributed by atoms with Crippen molar-refractivity contribution in [2.45, 2.75) is 24.0 Å². The van der Waals surface area contributed by atoms with Crippen molar-refractivity contribution < 1.29 is 22.2 Å². The lowest BCUT2D eigenvalue weighted by Crippen LogP contribution is -2.47. The van der Waals surface area contributed by atoms with E-state index >= 15 is 0 Å². The number of carbonyl (C=O) groups excluding carboxylic acids is 1. The average molecular weight is 473 g/mol. The van der Waals surface area contributed by atoms with Crippen molar-refractivity contribution >= 4 is 21.4 Å². The zero-order chi connectivity index (χ0) is 24.7. The Labute approximate surface area is 188 Å². The predicted octanol–water partition coefficient (Wildman–Crippen LogP) is 5.02. The molecule has 1 heterocycles. The lowest BCUT2D eigenvalue weighted by molar-refractivity contribution is -0.137. The van der Waals surface area contributed by atoms with E-state index in [1.807, 2.05) is 12.1 Å². The summed E-state index contributed by atoms with van der Waals surface area (Å²) in [6.07, 6.45) is -3.46. The number of alkyl halides is 3. The summed E-state index contributed by atoms with van der Waals surface area (Å²) in [5, 5.41) is 19.1. The summed E-state index contributed by atoms with van der Waals surface area (Å²) in [7, 11) is -1.99. The highest BCUT2D eigenvalue weighted by Gasteiger charge is 2.40. The van der Waals surface area contributed by atoms with Gasteiger partial charge in [0.1, 0.15) is 0 Å². The van der Waals surface area contributed by atoms with Gasteiger partial charge in [-0.05, 0) is 42.8 Å². The molecule has 0 spiro atoms. The van der Waals surface area contributed by atoms with Crippen LogP contribution in [0.5, 0.6) is 0 Å². The van der Waals surface area contributed by atoms with Crippen molar-refractivity contribution in [1.29, 1.82) is 15.3 Å². The monoisotopic (exact) mass is 473 g/mol. The smallest absolute Gasteiger partial charge is 0.315 e. The van der Waals surface area contributed by atoms with E-state index in [2.05, 4.69) is 0 Å². The van der Waals surface area contributed by atoms with E-state index in [1.54, 1.807) is 0 Å². The first-order chi connectivity index (χ1) is 15.3. The second kappa shape index (κ2) is 8.26. The van der Waals surface area contributed by atoms with Crippen LogP contribution in [0.3, 0.4) is 0 Å². The Morgan fingerprint density at radius 1 is 1.12 bits per heavy atom. The molecule has 0 bridgehead atoms. The van der Waals surface area contributed by atoms with Gasteiger partial charge in [-0.25, -0.2) is 13.8 Å². The van der Waals surface area contributed by atoms with Crippen molar-refractivity contribution in [3.8, 4) is 12.1 Å². The lowest BCUT2D eigenvalue weighted by atomic mass is 9.93. The molecule has 0 aliphatic carbocycles. The third-order valence-electron chi connectivity index (χ3n) is 5.29. The number of nitriles is 2. The topological polar surface area (TPSA) is 112 Å². The number of halogens is 3. The van der Waals surface area contributed by atoms with Gasteiger partial charge < -0.3 is 4.90 Å². The molecule has 11 heteroatoms. The number of nitrogens with zero attached hydrogens (tertiary/aromatic N) is 4. The highest BCUT2D eigenvalue weighted by Crippen LogP contribution is 2.41. The molecular weight excluding hydrogens is 455 g/mol. The molecule has 2 aromatic carbocycles. The minimum Gasteiger partial charge on any atom is -0.315 e. The summed E-state index contributed by atoms with van der Waals surface area (Å²) >= 11 is 0. The van der Waals surface area contributed by atoms with Crippen molar-refractivity contribution in [3.63, 3.8) is 0 Å². The molecule has 2 atom stereocenters. The quantitative estimate of drug-likeness (QED) is 0.674. The first kappa shape index (κ1) is 23.8. The van der Waals surface area contributed by atoms with Crippen LogP contribution in [0.2, 0.25) is 0 Å². The van der Waals surface area contributed by atoms with Gasteiger partial charge in [0, 0.05) is 19.0 Å². The van der Waals surface area contributed by atoms with Gasteiger partial charge in [-0.3, -0.25) is 4.90 Å². The maximum absolute atomic E-state index is 13.3. The number of benzene rings is 2. The van der Waals surface area contributed by atoms with Gasteiger partial charge in [0.25, 0.3) is 0 Å². The molecule has 2 amide bonds. The van der Waals surface area contributed by atoms with Crippen LogP contribution in [0, 0.1) is 27.4 Å². The Kier molecular flexibility index (Phi) is 5.96. The van der Waals surface area contributed by atoms with Crippen LogP contribution < -0.4 is 4.90 Å². The second-order valence-electron chi connectivity index (χ2n) is 7.50. The zero-order valence-electron chi connectivity index (χ0n) is 17.8. The predicted molar refractivity (Wildman–Crippen MR) is 114 cm³/mol. The van der Waals surface area contributed by atoms with Gasteiger partial charge in [-0.1, -0.05) is 12.1 Å². The van der Waals surface area contributed by atoms with E-state index < -0.39 is 33.5 Å². The van der Waals surface area contributed by atoms with Crippen molar-refractivity contribution in [2.24, 2.45) is 0 Å². The van der Waals surface area contributed by atoms with Crippen molar-refractivity contribution in [1.82, 2.24) is 4.90 Å². The standard InChI is InChI=1S/C22H18F3N5O2S/c1-13-18(12-27)20(17-8-7-14(11-26)9-19(17)33(3,28)32)29(2)21(31)30(13)16-6-4-5-15(10-16)22(23,24)25/h4-10,20,28H,1-3H3/t20-,33?/m1/s1. The fourth-order valence-electron chi connectivity index (χ4n) is 3.72. The summed E-state index contributed by atoms with van der Waals surface area (Å²) in [6.45, 7) is 1.43. The number of likely N-dealkylation sites (N-methyl/N-ethyl adjacent to an activating group) is 1. The molecule has 0 radical (unpaired) electrons. The summed E-state index contributed by atoms with van der Waals surface area (Å²) < 4.78 is 60.3. The molecule has 7 nitrogen and oxygen atoms in total. The highest BCUT2D eigenvalue weighted by molar-refractivity contribution is 7.91. The van der Waals surface area contributed by atoms with Gasteiger partial charge >= 0.3 is 12.2 Å². The number of allylic oxidation sites excluding steroid dienone is 1. The van der Waals surface area contributed by atoms with E-state index in [0.29, 0.717) is 0 Å². The summed E-state index contributed by atoms with van der Waals surface area (Å²) in [4.78, 5) is 15.4. The Hall–Kier alpha value is -3.83. The second-order valence-corrected chi connectivity index (χ2v) is 9.63. The van der Waals surface area contributed by atoms with Crippen LogP contribution in [-0.2, 0) is 15.9 Å². The first-order valence-electron chi connectivity index (χ1n) is 9.44. The Morgan fingerprint density at radius 2 is 1.79 bits per heavy atom. The molecule has 0 saturated carbocycles. The Morgan fingerprint density at radius 3 is 2.33 bits per heavy atom. The molecule has 0 fully saturated rings. The fourth-order valence-corrected chi connectivity index (χ4v) is 4.70. The fraction of sp³-hybridized carbons (Fsp3) is 0.227. The SMILES string of the molecule is CC1=C(C#N)[C@@H](c2ccc(C#N)cc2S(C)(=N)=O)N(C)C(=O)N1c1cccc(C(F)(F)F)c1. The third-order valence-corrected chi connectivity index (χ3v) is 6.48. The van der Waals surface area contributed by atoms with Crippen LogP contribution in [0.1, 0.15) is 29.7 Å². The molecule has 170 valence electrons. The van der Waals surface area contributed by atoms with Crippen LogP contribution in [0.4, 0.5) is 23.7 Å². The molecule has 3 rings (SSSR count). The van der Waals surface area contributed by atoms with Crippen LogP contribution >= 0.6 is 0 Å². The molecule has 0 aromatic heterocycles. The van der Waals surface area contributed by atoms with Gasteiger partial charge in [0.05, 0.1) is 55.2 Å². The Balaban J connectivity index is 2.25. The molecule has 33 heavy (non-hydrogen) atoms. The first-order valence-corrected chi connectivity index (χ1v) is 11.4.